The van der Waals surface area contributed by atoms with Crippen LogP contribution in [0, 0.1) is 0 Å². The Morgan fingerprint density at radius 1 is 1.17 bits per heavy atom. The second-order valence-electron chi connectivity index (χ2n) is 7.94. The summed E-state index contributed by atoms with van der Waals surface area (Å²) in [5.41, 5.74) is 1.77. The lowest BCUT2D eigenvalue weighted by molar-refractivity contribution is -0.127. The quantitative estimate of drug-likeness (QED) is 0.609. The normalized spacial score (nSPS) is 16.3. The molecule has 0 radical (unpaired) electrons. The summed E-state index contributed by atoms with van der Waals surface area (Å²) in [4.78, 5) is 27.7. The number of anilines is 1. The fourth-order valence-electron chi connectivity index (χ4n) is 4.03. The van der Waals surface area contributed by atoms with Gasteiger partial charge in [-0.2, -0.15) is 0 Å². The number of carbonyl (C=O) groups excluding carboxylic acids is 2. The summed E-state index contributed by atoms with van der Waals surface area (Å²) in [7, 11) is 0. The van der Waals surface area contributed by atoms with E-state index in [1.165, 1.54) is 11.3 Å². The third-order valence-electron chi connectivity index (χ3n) is 5.35. The molecule has 2 heterocycles. The molecule has 1 fully saturated rings. The molecular weight excluding hydrogens is 396 g/mol. The molecule has 1 aromatic heterocycles. The molecule has 1 unspecified atom stereocenters. The molecule has 5 nitrogen and oxygen atoms in total. The number of amides is 2. The van der Waals surface area contributed by atoms with Crippen molar-refractivity contribution in [2.75, 3.05) is 18.4 Å². The Kier molecular flexibility index (Phi) is 5.77. The van der Waals surface area contributed by atoms with E-state index in [1.807, 2.05) is 55.1 Å². The summed E-state index contributed by atoms with van der Waals surface area (Å²) >= 11 is 1.52. The predicted octanol–water partition coefficient (Wildman–Crippen LogP) is 5.28. The lowest BCUT2D eigenvalue weighted by atomic mass is 9.95. The summed E-state index contributed by atoms with van der Waals surface area (Å²) in [5, 5.41) is 4.15. The summed E-state index contributed by atoms with van der Waals surface area (Å²) in [6.07, 6.45) is 0.940. The Balaban J connectivity index is 1.65. The van der Waals surface area contributed by atoms with Crippen LogP contribution in [0.2, 0.25) is 0 Å². The number of nitrogens with zero attached hydrogens (tertiary/aromatic N) is 1. The Morgan fingerprint density at radius 3 is 2.70 bits per heavy atom. The number of rotatable bonds is 5. The fraction of sp³-hybridized carbons (Fsp3) is 0.333. The van der Waals surface area contributed by atoms with Crippen LogP contribution in [0.1, 0.15) is 48.3 Å². The molecule has 2 amide bonds. The van der Waals surface area contributed by atoms with E-state index in [1.54, 1.807) is 6.92 Å². The van der Waals surface area contributed by atoms with Crippen molar-refractivity contribution in [3.05, 3.63) is 59.0 Å². The number of nitrogens with one attached hydrogen (secondary N) is 1. The maximum atomic E-state index is 13.3. The van der Waals surface area contributed by atoms with Gasteiger partial charge in [-0.25, -0.2) is 0 Å². The molecule has 1 aliphatic rings. The Bertz CT molecular complexity index is 1090. The van der Waals surface area contributed by atoms with E-state index in [4.69, 9.17) is 4.74 Å². The van der Waals surface area contributed by atoms with Gasteiger partial charge in [0.2, 0.25) is 5.91 Å². The van der Waals surface area contributed by atoms with Gasteiger partial charge in [-0.05, 0) is 49.4 Å². The number of likely N-dealkylation sites (tertiary alicyclic amines) is 1. The monoisotopic (exact) mass is 422 g/mol. The van der Waals surface area contributed by atoms with Crippen LogP contribution in [-0.2, 0) is 4.79 Å². The molecule has 0 bridgehead atoms. The van der Waals surface area contributed by atoms with Crippen LogP contribution < -0.4 is 10.1 Å². The minimum absolute atomic E-state index is 0.0664. The summed E-state index contributed by atoms with van der Waals surface area (Å²) in [6, 6.07) is 15.6. The second kappa shape index (κ2) is 8.48. The minimum Gasteiger partial charge on any atom is -0.491 e. The summed E-state index contributed by atoms with van der Waals surface area (Å²) < 4.78 is 6.84. The van der Waals surface area contributed by atoms with E-state index in [2.05, 4.69) is 17.4 Å². The van der Waals surface area contributed by atoms with Gasteiger partial charge in [0.25, 0.3) is 5.91 Å². The van der Waals surface area contributed by atoms with E-state index in [0.717, 1.165) is 39.2 Å². The molecule has 0 saturated carbocycles. The molecule has 1 saturated heterocycles. The second-order valence-corrected chi connectivity index (χ2v) is 8.99. The number of hydrogen-bond donors (Lipinski definition) is 1. The lowest BCUT2D eigenvalue weighted by Crippen LogP contribution is -2.25. The van der Waals surface area contributed by atoms with Crippen LogP contribution in [0.25, 0.3) is 10.1 Å². The molecule has 4 rings (SSSR count). The van der Waals surface area contributed by atoms with Crippen LogP contribution in [0.3, 0.4) is 0 Å². The molecule has 156 valence electrons. The zero-order valence-corrected chi connectivity index (χ0v) is 18.3. The minimum atomic E-state index is -0.117. The van der Waals surface area contributed by atoms with Gasteiger partial charge in [0.05, 0.1) is 11.0 Å². The highest BCUT2D eigenvalue weighted by Crippen LogP contribution is 2.40. The van der Waals surface area contributed by atoms with Crippen LogP contribution in [0.5, 0.6) is 5.75 Å². The average Bonchev–Trinajstić information content (AvgIpc) is 3.32. The number of benzene rings is 2. The van der Waals surface area contributed by atoms with E-state index in [0.29, 0.717) is 12.2 Å². The van der Waals surface area contributed by atoms with E-state index in [9.17, 15) is 9.59 Å². The van der Waals surface area contributed by atoms with Gasteiger partial charge in [0, 0.05) is 42.4 Å². The highest BCUT2D eigenvalue weighted by atomic mass is 32.1. The van der Waals surface area contributed by atoms with Crippen LogP contribution >= 0.6 is 11.3 Å². The topological polar surface area (TPSA) is 58.6 Å². The predicted molar refractivity (Wildman–Crippen MR) is 122 cm³/mol. The van der Waals surface area contributed by atoms with Gasteiger partial charge >= 0.3 is 0 Å². The van der Waals surface area contributed by atoms with Crippen molar-refractivity contribution >= 4 is 38.9 Å². The molecule has 30 heavy (non-hydrogen) atoms. The van der Waals surface area contributed by atoms with Gasteiger partial charge in [-0.1, -0.05) is 24.3 Å². The Hall–Kier alpha value is -2.86. The van der Waals surface area contributed by atoms with Crippen molar-refractivity contribution in [2.45, 2.75) is 39.2 Å². The van der Waals surface area contributed by atoms with Crippen molar-refractivity contribution in [1.82, 2.24) is 4.90 Å². The van der Waals surface area contributed by atoms with Gasteiger partial charge in [-0.3, -0.25) is 9.59 Å². The van der Waals surface area contributed by atoms with Crippen molar-refractivity contribution in [1.29, 1.82) is 0 Å². The van der Waals surface area contributed by atoms with Gasteiger partial charge in [-0.15, -0.1) is 11.3 Å². The van der Waals surface area contributed by atoms with E-state index >= 15 is 0 Å². The number of carbonyl (C=O) groups is 2. The molecule has 1 aliphatic heterocycles. The van der Waals surface area contributed by atoms with Gasteiger partial charge in [0.15, 0.2) is 0 Å². The highest BCUT2D eigenvalue weighted by Gasteiger charge is 2.31. The first-order valence-corrected chi connectivity index (χ1v) is 11.1. The molecule has 6 heteroatoms. The van der Waals surface area contributed by atoms with Gasteiger partial charge < -0.3 is 15.0 Å². The average molecular weight is 423 g/mol. The number of fused-ring (bicyclic) bond motifs is 1. The Labute approximate surface area is 180 Å². The molecule has 1 atom stereocenters. The first-order chi connectivity index (χ1) is 14.4. The fourth-order valence-corrected chi connectivity index (χ4v) is 5.21. The van der Waals surface area contributed by atoms with Crippen molar-refractivity contribution in [3.63, 3.8) is 0 Å². The summed E-state index contributed by atoms with van der Waals surface area (Å²) in [5.74, 6) is 0.868. The van der Waals surface area contributed by atoms with E-state index < -0.39 is 0 Å². The van der Waals surface area contributed by atoms with E-state index in [-0.39, 0.29) is 23.8 Å². The first-order valence-electron chi connectivity index (χ1n) is 10.3. The Morgan fingerprint density at radius 2 is 1.97 bits per heavy atom. The molecule has 0 aliphatic carbocycles. The van der Waals surface area contributed by atoms with Crippen LogP contribution in [0.4, 0.5) is 5.69 Å². The zero-order valence-electron chi connectivity index (χ0n) is 17.5. The smallest absolute Gasteiger partial charge is 0.266 e. The molecule has 3 aromatic rings. The molecule has 0 spiro atoms. The largest absolute Gasteiger partial charge is 0.491 e. The van der Waals surface area contributed by atoms with Crippen molar-refractivity contribution in [3.8, 4) is 5.75 Å². The number of thiophene rings is 1. The first kappa shape index (κ1) is 20.4. The number of ether oxygens (including phenoxy) is 1. The third-order valence-corrected chi connectivity index (χ3v) is 6.53. The SMILES string of the molecule is CC(=O)N1CCC(c2c(C(=O)Nc3cccc(OC(C)C)c3)sc3ccccc23)C1. The molecule has 2 aromatic carbocycles. The maximum Gasteiger partial charge on any atom is 0.266 e. The van der Waals surface area contributed by atoms with Crippen molar-refractivity contribution < 1.29 is 14.3 Å². The van der Waals surface area contributed by atoms with Crippen LogP contribution in [0.15, 0.2) is 48.5 Å². The molecular formula is C24H26N2O3S. The molecule has 1 N–H and O–H groups in total. The maximum absolute atomic E-state index is 13.3. The standard InChI is InChI=1S/C24H26N2O3S/c1-15(2)29-19-8-6-7-18(13-19)25-24(28)23-22(17-11-12-26(14-17)16(3)27)20-9-4-5-10-21(20)30-23/h4-10,13,15,17H,11-12,14H2,1-3H3,(H,25,28). The lowest BCUT2D eigenvalue weighted by Gasteiger charge is -2.15. The number of hydrogen-bond acceptors (Lipinski definition) is 4. The van der Waals surface area contributed by atoms with Crippen molar-refractivity contribution in [2.24, 2.45) is 0 Å². The summed E-state index contributed by atoms with van der Waals surface area (Å²) in [6.45, 7) is 6.95. The highest BCUT2D eigenvalue weighted by molar-refractivity contribution is 7.21. The zero-order chi connectivity index (χ0) is 21.3. The van der Waals surface area contributed by atoms with Gasteiger partial charge in [0.1, 0.15) is 5.75 Å². The van der Waals surface area contributed by atoms with Crippen LogP contribution in [-0.4, -0.2) is 35.9 Å². The third kappa shape index (κ3) is 4.19.